The van der Waals surface area contributed by atoms with Crippen LogP contribution in [0.4, 0.5) is 0 Å². The van der Waals surface area contributed by atoms with Gasteiger partial charge in [0, 0.05) is 12.0 Å². The van der Waals surface area contributed by atoms with E-state index in [1.54, 1.807) is 18.4 Å². The second-order valence-electron chi connectivity index (χ2n) is 4.85. The van der Waals surface area contributed by atoms with E-state index in [0.717, 1.165) is 45.0 Å². The zero-order chi connectivity index (χ0) is 15.4. The summed E-state index contributed by atoms with van der Waals surface area (Å²) in [6, 6.07) is 8.04. The van der Waals surface area contributed by atoms with Crippen LogP contribution < -0.4 is 4.74 Å². The molecule has 5 nitrogen and oxygen atoms in total. The SMILES string of the molecule is CCCSCc1nnc2sc(Cc3ccccc3OC)nn12. The highest BCUT2D eigenvalue weighted by Gasteiger charge is 2.13. The van der Waals surface area contributed by atoms with Crippen molar-refractivity contribution in [3.63, 3.8) is 0 Å². The van der Waals surface area contributed by atoms with E-state index in [9.17, 15) is 0 Å². The maximum absolute atomic E-state index is 5.40. The summed E-state index contributed by atoms with van der Waals surface area (Å²) in [6.45, 7) is 2.18. The minimum Gasteiger partial charge on any atom is -0.496 e. The van der Waals surface area contributed by atoms with Crippen molar-refractivity contribution < 1.29 is 4.74 Å². The molecule has 2 aromatic heterocycles. The molecule has 3 aromatic rings. The van der Waals surface area contributed by atoms with Crippen molar-refractivity contribution in [3.8, 4) is 5.75 Å². The second kappa shape index (κ2) is 7.11. The van der Waals surface area contributed by atoms with Crippen LogP contribution in [-0.4, -0.2) is 32.7 Å². The molecule has 7 heteroatoms. The topological polar surface area (TPSA) is 52.3 Å². The highest BCUT2D eigenvalue weighted by atomic mass is 32.2. The van der Waals surface area contributed by atoms with Gasteiger partial charge < -0.3 is 4.74 Å². The Kier molecular flexibility index (Phi) is 4.94. The van der Waals surface area contributed by atoms with Gasteiger partial charge in [-0.15, -0.1) is 10.2 Å². The third-order valence-electron chi connectivity index (χ3n) is 3.21. The van der Waals surface area contributed by atoms with E-state index < -0.39 is 0 Å². The second-order valence-corrected chi connectivity index (χ2v) is 6.99. The summed E-state index contributed by atoms with van der Waals surface area (Å²) < 4.78 is 7.27. The van der Waals surface area contributed by atoms with Gasteiger partial charge in [0.2, 0.25) is 4.96 Å². The molecular formula is C15H18N4OS2. The van der Waals surface area contributed by atoms with Crippen LogP contribution >= 0.6 is 23.1 Å². The van der Waals surface area contributed by atoms with Gasteiger partial charge in [0.15, 0.2) is 5.82 Å². The molecule has 22 heavy (non-hydrogen) atoms. The molecule has 0 saturated heterocycles. The zero-order valence-electron chi connectivity index (χ0n) is 12.7. The Hall–Kier alpha value is -1.60. The van der Waals surface area contributed by atoms with Gasteiger partial charge in [-0.1, -0.05) is 36.5 Å². The molecule has 2 heterocycles. The summed E-state index contributed by atoms with van der Waals surface area (Å²) in [6.07, 6.45) is 1.92. The summed E-state index contributed by atoms with van der Waals surface area (Å²) in [4.78, 5) is 0.858. The van der Waals surface area contributed by atoms with Gasteiger partial charge in [-0.2, -0.15) is 21.4 Å². The van der Waals surface area contributed by atoms with E-state index in [0.29, 0.717) is 0 Å². The molecule has 0 fully saturated rings. The van der Waals surface area contributed by atoms with Gasteiger partial charge in [0.25, 0.3) is 0 Å². The van der Waals surface area contributed by atoms with Gasteiger partial charge in [-0.3, -0.25) is 0 Å². The Bertz CT molecular complexity index is 753. The van der Waals surface area contributed by atoms with E-state index in [-0.39, 0.29) is 0 Å². The fourth-order valence-corrected chi connectivity index (χ4v) is 3.85. The summed E-state index contributed by atoms with van der Waals surface area (Å²) in [5.74, 6) is 3.81. The number of aromatic nitrogens is 4. The van der Waals surface area contributed by atoms with Crippen molar-refractivity contribution in [1.29, 1.82) is 0 Å². The molecule has 0 atom stereocenters. The normalized spacial score (nSPS) is 11.2. The molecule has 0 aliphatic heterocycles. The number of hydrogen-bond donors (Lipinski definition) is 0. The molecule has 0 unspecified atom stereocenters. The smallest absolute Gasteiger partial charge is 0.234 e. The van der Waals surface area contributed by atoms with Crippen molar-refractivity contribution in [1.82, 2.24) is 19.8 Å². The Morgan fingerprint density at radius 1 is 1.27 bits per heavy atom. The molecular weight excluding hydrogens is 316 g/mol. The number of ether oxygens (including phenoxy) is 1. The molecule has 0 spiro atoms. The number of rotatable bonds is 7. The van der Waals surface area contributed by atoms with E-state index in [1.807, 2.05) is 34.5 Å². The van der Waals surface area contributed by atoms with Crippen LogP contribution in [0.5, 0.6) is 5.75 Å². The number of methoxy groups -OCH3 is 1. The Labute approximate surface area is 137 Å². The summed E-state index contributed by atoms with van der Waals surface area (Å²) in [5.41, 5.74) is 1.14. The predicted octanol–water partition coefficient (Wildman–Crippen LogP) is 3.43. The van der Waals surface area contributed by atoms with Crippen LogP contribution in [0.15, 0.2) is 24.3 Å². The number of thioether (sulfide) groups is 1. The molecule has 0 radical (unpaired) electrons. The number of benzene rings is 1. The van der Waals surface area contributed by atoms with E-state index in [1.165, 1.54) is 6.42 Å². The largest absolute Gasteiger partial charge is 0.496 e. The van der Waals surface area contributed by atoms with Crippen LogP contribution in [0.1, 0.15) is 29.7 Å². The standard InChI is InChI=1S/C15H18N4OS2/c1-3-8-21-10-13-16-17-15-19(13)18-14(22-15)9-11-6-4-5-7-12(11)20-2/h4-7H,3,8-10H2,1-2H3. The van der Waals surface area contributed by atoms with Crippen molar-refractivity contribution in [2.45, 2.75) is 25.5 Å². The number of fused-ring (bicyclic) bond motifs is 1. The fraction of sp³-hybridized carbons (Fsp3) is 0.400. The van der Waals surface area contributed by atoms with E-state index in [4.69, 9.17) is 4.74 Å². The third kappa shape index (κ3) is 3.25. The molecule has 0 aliphatic carbocycles. The Balaban J connectivity index is 1.80. The first-order valence-corrected chi connectivity index (χ1v) is 9.18. The summed E-state index contributed by atoms with van der Waals surface area (Å²) >= 11 is 3.45. The van der Waals surface area contributed by atoms with Crippen molar-refractivity contribution in [3.05, 3.63) is 40.7 Å². The molecule has 0 N–H and O–H groups in total. The van der Waals surface area contributed by atoms with E-state index >= 15 is 0 Å². The quantitative estimate of drug-likeness (QED) is 0.620. The van der Waals surface area contributed by atoms with Crippen LogP contribution in [0.2, 0.25) is 0 Å². The highest BCUT2D eigenvalue weighted by molar-refractivity contribution is 7.98. The first-order valence-electron chi connectivity index (χ1n) is 7.21. The maximum atomic E-state index is 5.40. The van der Waals surface area contributed by atoms with Gasteiger partial charge in [-0.25, -0.2) is 0 Å². The molecule has 3 rings (SSSR count). The predicted molar refractivity (Wildman–Crippen MR) is 90.9 cm³/mol. The molecule has 0 aliphatic rings. The average molecular weight is 334 g/mol. The zero-order valence-corrected chi connectivity index (χ0v) is 14.3. The minimum absolute atomic E-state index is 0.750. The van der Waals surface area contributed by atoms with Gasteiger partial charge in [0.05, 0.1) is 12.9 Å². The van der Waals surface area contributed by atoms with Crippen LogP contribution in [0, 0.1) is 0 Å². The number of nitrogens with zero attached hydrogens (tertiary/aromatic N) is 4. The number of para-hydroxylation sites is 1. The Morgan fingerprint density at radius 2 is 2.14 bits per heavy atom. The van der Waals surface area contributed by atoms with Crippen molar-refractivity contribution in [2.24, 2.45) is 0 Å². The van der Waals surface area contributed by atoms with Crippen LogP contribution in [0.25, 0.3) is 4.96 Å². The molecule has 1 aromatic carbocycles. The van der Waals surface area contributed by atoms with Crippen molar-refractivity contribution in [2.75, 3.05) is 12.9 Å². The lowest BCUT2D eigenvalue weighted by atomic mass is 10.1. The maximum Gasteiger partial charge on any atom is 0.234 e. The third-order valence-corrected chi connectivity index (χ3v) is 5.27. The van der Waals surface area contributed by atoms with Gasteiger partial charge in [0.1, 0.15) is 10.8 Å². The first-order chi connectivity index (χ1) is 10.8. The van der Waals surface area contributed by atoms with Gasteiger partial charge >= 0.3 is 0 Å². The lowest BCUT2D eigenvalue weighted by Crippen LogP contribution is -1.97. The van der Waals surface area contributed by atoms with Crippen LogP contribution in [-0.2, 0) is 12.2 Å². The average Bonchev–Trinajstić information content (AvgIpc) is 3.09. The molecule has 0 saturated carbocycles. The van der Waals surface area contributed by atoms with E-state index in [2.05, 4.69) is 28.3 Å². The molecule has 0 bridgehead atoms. The monoisotopic (exact) mass is 334 g/mol. The number of hydrogen-bond acceptors (Lipinski definition) is 6. The summed E-state index contributed by atoms with van der Waals surface area (Å²) in [7, 11) is 1.69. The highest BCUT2D eigenvalue weighted by Crippen LogP contribution is 2.24. The Morgan fingerprint density at radius 3 is 2.95 bits per heavy atom. The molecule has 0 amide bonds. The van der Waals surface area contributed by atoms with Gasteiger partial charge in [-0.05, 0) is 18.2 Å². The fourth-order valence-electron chi connectivity index (χ4n) is 2.18. The summed E-state index contributed by atoms with van der Waals surface area (Å²) in [5, 5.41) is 14.1. The van der Waals surface area contributed by atoms with Crippen LogP contribution in [0.3, 0.4) is 0 Å². The van der Waals surface area contributed by atoms with Crippen molar-refractivity contribution >= 4 is 28.1 Å². The molecule has 116 valence electrons. The lowest BCUT2D eigenvalue weighted by Gasteiger charge is -2.05. The lowest BCUT2D eigenvalue weighted by molar-refractivity contribution is 0.410. The minimum atomic E-state index is 0.750. The first kappa shape index (κ1) is 15.3.